The van der Waals surface area contributed by atoms with Gasteiger partial charge in [0.1, 0.15) is 5.75 Å². The van der Waals surface area contributed by atoms with E-state index < -0.39 is 0 Å². The third-order valence-corrected chi connectivity index (χ3v) is 1.61. The van der Waals surface area contributed by atoms with E-state index in [0.29, 0.717) is 11.4 Å². The van der Waals surface area contributed by atoms with Crippen LogP contribution in [0.15, 0.2) is 18.3 Å². The summed E-state index contributed by atoms with van der Waals surface area (Å²) < 4.78 is 9.54. The second-order valence-electron chi connectivity index (χ2n) is 2.41. The number of ether oxygens (including phenoxy) is 2. The number of pyridine rings is 1. The largest absolute Gasteiger partial charge is 0.495 e. The molecule has 1 aromatic rings. The first-order valence-electron chi connectivity index (χ1n) is 3.82. The molecule has 0 N–H and O–H groups in total. The Morgan fingerprint density at radius 3 is 2.92 bits per heavy atom. The number of hydrogen-bond donors (Lipinski definition) is 0. The lowest BCUT2D eigenvalue weighted by Crippen LogP contribution is -2.07. The lowest BCUT2D eigenvalue weighted by Gasteiger charge is -2.04. The first-order chi connectivity index (χ1) is 6.27. The summed E-state index contributed by atoms with van der Waals surface area (Å²) in [6.07, 6.45) is 1.75. The molecule has 0 aliphatic carbocycles. The molecule has 0 amide bonds. The Morgan fingerprint density at radius 2 is 2.31 bits per heavy atom. The highest BCUT2D eigenvalue weighted by molar-refractivity contribution is 5.72. The van der Waals surface area contributed by atoms with Crippen molar-refractivity contribution in [3.8, 4) is 5.75 Å². The Kier molecular flexibility index (Phi) is 3.25. The topological polar surface area (TPSA) is 48.4 Å². The van der Waals surface area contributed by atoms with E-state index >= 15 is 0 Å². The lowest BCUT2D eigenvalue weighted by atomic mass is 10.2. The number of aromatic nitrogens is 1. The number of carbonyl (C=O) groups is 1. The minimum absolute atomic E-state index is 0.139. The maximum absolute atomic E-state index is 10.9. The maximum Gasteiger partial charge on any atom is 0.311 e. The predicted octanol–water partition coefficient (Wildman–Crippen LogP) is 0.806. The summed E-state index contributed by atoms with van der Waals surface area (Å²) in [7, 11) is 2.88. The average molecular weight is 181 g/mol. The molecule has 0 aliphatic heterocycles. The second-order valence-corrected chi connectivity index (χ2v) is 2.41. The van der Waals surface area contributed by atoms with Crippen molar-refractivity contribution < 1.29 is 14.3 Å². The molecule has 0 saturated carbocycles. The molecular weight excluding hydrogens is 170 g/mol. The van der Waals surface area contributed by atoms with Crippen LogP contribution in [0.5, 0.6) is 5.75 Å². The molecule has 0 unspecified atom stereocenters. The van der Waals surface area contributed by atoms with Crippen LogP contribution in [-0.4, -0.2) is 25.2 Å². The number of rotatable bonds is 3. The van der Waals surface area contributed by atoms with Crippen molar-refractivity contribution in [2.75, 3.05) is 14.2 Å². The first-order valence-corrected chi connectivity index (χ1v) is 3.82. The molecule has 0 fully saturated rings. The van der Waals surface area contributed by atoms with Crippen molar-refractivity contribution in [1.82, 2.24) is 4.98 Å². The monoisotopic (exact) mass is 181 g/mol. The van der Waals surface area contributed by atoms with E-state index in [9.17, 15) is 4.79 Å². The SMILES string of the molecule is COC(=O)Cc1ncccc1OC. The van der Waals surface area contributed by atoms with Gasteiger partial charge in [-0.2, -0.15) is 0 Å². The van der Waals surface area contributed by atoms with Gasteiger partial charge in [-0.25, -0.2) is 0 Å². The Morgan fingerprint density at radius 1 is 1.54 bits per heavy atom. The smallest absolute Gasteiger partial charge is 0.311 e. The van der Waals surface area contributed by atoms with Crippen LogP contribution in [-0.2, 0) is 16.0 Å². The fraction of sp³-hybridized carbons (Fsp3) is 0.333. The number of carbonyl (C=O) groups excluding carboxylic acids is 1. The summed E-state index contributed by atoms with van der Waals surface area (Å²) in [4.78, 5) is 14.9. The predicted molar refractivity (Wildman–Crippen MR) is 46.5 cm³/mol. The Bertz CT molecular complexity index is 299. The van der Waals surface area contributed by atoms with Crippen molar-refractivity contribution in [3.63, 3.8) is 0 Å². The molecule has 13 heavy (non-hydrogen) atoms. The second kappa shape index (κ2) is 4.45. The first kappa shape index (κ1) is 9.51. The number of methoxy groups -OCH3 is 2. The summed E-state index contributed by atoms with van der Waals surface area (Å²) in [5.74, 6) is 0.282. The molecule has 0 atom stereocenters. The molecule has 1 aromatic heterocycles. The third-order valence-electron chi connectivity index (χ3n) is 1.61. The molecule has 4 heteroatoms. The van der Waals surface area contributed by atoms with E-state index in [2.05, 4.69) is 9.72 Å². The number of hydrogen-bond acceptors (Lipinski definition) is 4. The van der Waals surface area contributed by atoms with Gasteiger partial charge >= 0.3 is 5.97 Å². The van der Waals surface area contributed by atoms with E-state index in [1.54, 1.807) is 18.3 Å². The van der Waals surface area contributed by atoms with Gasteiger partial charge in [0, 0.05) is 6.20 Å². The van der Waals surface area contributed by atoms with Crippen LogP contribution >= 0.6 is 0 Å². The fourth-order valence-corrected chi connectivity index (χ4v) is 0.951. The van der Waals surface area contributed by atoms with Crippen LogP contribution in [0.25, 0.3) is 0 Å². The lowest BCUT2D eigenvalue weighted by molar-refractivity contribution is -0.139. The molecule has 1 rings (SSSR count). The summed E-state index contributed by atoms with van der Waals surface area (Å²) >= 11 is 0. The van der Waals surface area contributed by atoms with Crippen LogP contribution in [0.4, 0.5) is 0 Å². The van der Waals surface area contributed by atoms with Crippen molar-refractivity contribution in [3.05, 3.63) is 24.0 Å². The van der Waals surface area contributed by atoms with Gasteiger partial charge < -0.3 is 9.47 Å². The van der Waals surface area contributed by atoms with Crippen LogP contribution < -0.4 is 4.74 Å². The normalized spacial score (nSPS) is 9.38. The van der Waals surface area contributed by atoms with Gasteiger partial charge in [-0.05, 0) is 12.1 Å². The third kappa shape index (κ3) is 2.43. The van der Waals surface area contributed by atoms with Gasteiger partial charge in [0.15, 0.2) is 0 Å². The van der Waals surface area contributed by atoms with E-state index in [4.69, 9.17) is 4.74 Å². The van der Waals surface area contributed by atoms with Crippen LogP contribution in [0.1, 0.15) is 5.69 Å². The fourth-order valence-electron chi connectivity index (χ4n) is 0.951. The highest BCUT2D eigenvalue weighted by Crippen LogP contribution is 2.14. The summed E-state index contributed by atoms with van der Waals surface area (Å²) in [5, 5.41) is 0. The number of nitrogens with zero attached hydrogens (tertiary/aromatic N) is 1. The van der Waals surface area contributed by atoms with Crippen molar-refractivity contribution >= 4 is 5.97 Å². The Labute approximate surface area is 76.5 Å². The molecule has 0 bridgehead atoms. The minimum atomic E-state index is -0.322. The zero-order valence-electron chi connectivity index (χ0n) is 7.61. The van der Waals surface area contributed by atoms with Crippen molar-refractivity contribution in [2.24, 2.45) is 0 Å². The molecule has 70 valence electrons. The van der Waals surface area contributed by atoms with Crippen molar-refractivity contribution in [1.29, 1.82) is 0 Å². The zero-order valence-corrected chi connectivity index (χ0v) is 7.61. The average Bonchev–Trinajstić information content (AvgIpc) is 2.18. The van der Waals surface area contributed by atoms with Crippen LogP contribution in [0.2, 0.25) is 0 Å². The molecule has 0 saturated heterocycles. The van der Waals surface area contributed by atoms with Gasteiger partial charge in [0.05, 0.1) is 26.3 Å². The molecule has 0 aliphatic rings. The molecule has 4 nitrogen and oxygen atoms in total. The number of esters is 1. The molecule has 0 spiro atoms. The molecular formula is C9H11NO3. The summed E-state index contributed by atoms with van der Waals surface area (Å²) in [6.45, 7) is 0. The van der Waals surface area contributed by atoms with Crippen LogP contribution in [0.3, 0.4) is 0 Å². The minimum Gasteiger partial charge on any atom is -0.495 e. The maximum atomic E-state index is 10.9. The highest BCUT2D eigenvalue weighted by atomic mass is 16.5. The zero-order chi connectivity index (χ0) is 9.68. The quantitative estimate of drug-likeness (QED) is 0.647. The van der Waals surface area contributed by atoms with E-state index in [-0.39, 0.29) is 12.4 Å². The highest BCUT2D eigenvalue weighted by Gasteiger charge is 2.08. The van der Waals surface area contributed by atoms with Gasteiger partial charge in [0.2, 0.25) is 0 Å². The standard InChI is InChI=1S/C9H11NO3/c1-12-8-4-3-5-10-7(8)6-9(11)13-2/h3-5H,6H2,1-2H3. The van der Waals surface area contributed by atoms with E-state index in [1.165, 1.54) is 14.2 Å². The van der Waals surface area contributed by atoms with Crippen LogP contribution in [0, 0.1) is 0 Å². The van der Waals surface area contributed by atoms with E-state index in [0.717, 1.165) is 0 Å². The van der Waals surface area contributed by atoms with Crippen molar-refractivity contribution in [2.45, 2.75) is 6.42 Å². The van der Waals surface area contributed by atoms with Gasteiger partial charge in [-0.15, -0.1) is 0 Å². The van der Waals surface area contributed by atoms with E-state index in [1.807, 2.05) is 0 Å². The van der Waals surface area contributed by atoms with Gasteiger partial charge in [-0.1, -0.05) is 0 Å². The van der Waals surface area contributed by atoms with Gasteiger partial charge in [-0.3, -0.25) is 9.78 Å². The van der Waals surface area contributed by atoms with Gasteiger partial charge in [0.25, 0.3) is 0 Å². The Hall–Kier alpha value is -1.58. The molecule has 1 heterocycles. The molecule has 0 aromatic carbocycles. The Balaban J connectivity index is 2.81. The molecule has 0 radical (unpaired) electrons. The summed E-state index contributed by atoms with van der Waals surface area (Å²) in [5.41, 5.74) is 0.594. The summed E-state index contributed by atoms with van der Waals surface area (Å²) in [6, 6.07) is 3.50.